The van der Waals surface area contributed by atoms with Crippen LogP contribution in [-0.2, 0) is 0 Å². The van der Waals surface area contributed by atoms with E-state index in [9.17, 15) is 9.90 Å². The first kappa shape index (κ1) is 14.6. The van der Waals surface area contributed by atoms with Crippen molar-refractivity contribution in [1.29, 1.82) is 0 Å². The van der Waals surface area contributed by atoms with E-state index in [1.165, 1.54) is 19.4 Å². The second-order valence-corrected chi connectivity index (χ2v) is 5.88. The number of hydrogen-bond donors (Lipinski definition) is 2. The van der Waals surface area contributed by atoms with Gasteiger partial charge in [-0.2, -0.15) is 0 Å². The van der Waals surface area contributed by atoms with E-state index in [1.807, 2.05) is 0 Å². The smallest absolute Gasteiger partial charge is 0.317 e. The average molecular weight is 269 g/mol. The van der Waals surface area contributed by atoms with Gasteiger partial charge in [-0.3, -0.25) is 0 Å². The van der Waals surface area contributed by atoms with Crippen molar-refractivity contribution in [3.05, 3.63) is 0 Å². The van der Waals surface area contributed by atoms with Gasteiger partial charge in [-0.1, -0.05) is 6.92 Å². The lowest BCUT2D eigenvalue weighted by Crippen LogP contribution is -2.48. The zero-order valence-electron chi connectivity index (χ0n) is 12.0. The molecule has 2 saturated heterocycles. The Morgan fingerprint density at radius 3 is 2.89 bits per heavy atom. The molecule has 2 atom stereocenters. The van der Waals surface area contributed by atoms with E-state index in [1.54, 1.807) is 4.90 Å². The largest absolute Gasteiger partial charge is 0.391 e. The molecule has 2 heterocycles. The quantitative estimate of drug-likeness (QED) is 0.797. The highest BCUT2D eigenvalue weighted by atomic mass is 16.3. The van der Waals surface area contributed by atoms with Gasteiger partial charge in [0.1, 0.15) is 0 Å². The van der Waals surface area contributed by atoms with E-state index in [4.69, 9.17) is 0 Å². The van der Waals surface area contributed by atoms with E-state index in [0.29, 0.717) is 12.5 Å². The molecule has 2 rings (SSSR count). The minimum atomic E-state index is -0.342. The van der Waals surface area contributed by atoms with E-state index in [2.05, 4.69) is 17.1 Å². The highest BCUT2D eigenvalue weighted by Crippen LogP contribution is 2.16. The number of aliphatic hydroxyl groups excluding tert-OH is 1. The van der Waals surface area contributed by atoms with Crippen LogP contribution in [0.5, 0.6) is 0 Å². The topological polar surface area (TPSA) is 55.8 Å². The van der Waals surface area contributed by atoms with Gasteiger partial charge in [0.25, 0.3) is 0 Å². The predicted octanol–water partition coefficient (Wildman–Crippen LogP) is 0.885. The summed E-state index contributed by atoms with van der Waals surface area (Å²) in [6.07, 6.45) is 3.76. The molecule has 0 spiro atoms. The summed E-state index contributed by atoms with van der Waals surface area (Å²) >= 11 is 0. The Morgan fingerprint density at radius 2 is 2.16 bits per heavy atom. The Labute approximate surface area is 115 Å². The normalized spacial score (nSPS) is 28.6. The molecule has 2 aliphatic heterocycles. The summed E-state index contributed by atoms with van der Waals surface area (Å²) < 4.78 is 0. The van der Waals surface area contributed by atoms with Gasteiger partial charge >= 0.3 is 6.03 Å². The average Bonchev–Trinajstić information content (AvgIpc) is 2.84. The zero-order valence-corrected chi connectivity index (χ0v) is 12.0. The molecule has 5 heteroatoms. The number of amides is 2. The molecule has 0 aromatic heterocycles. The Kier molecular flexibility index (Phi) is 5.45. The number of carbonyl (C=O) groups is 1. The SMILES string of the molecule is CCCN1CCC(CNC(=O)N2CCCC(O)C2)C1. The van der Waals surface area contributed by atoms with Gasteiger partial charge in [-0.15, -0.1) is 0 Å². The molecule has 2 N–H and O–H groups in total. The lowest BCUT2D eigenvalue weighted by Gasteiger charge is -2.30. The Hall–Kier alpha value is -0.810. The number of rotatable bonds is 4. The van der Waals surface area contributed by atoms with Gasteiger partial charge in [0.15, 0.2) is 0 Å². The van der Waals surface area contributed by atoms with Crippen LogP contribution in [-0.4, -0.2) is 66.3 Å². The minimum Gasteiger partial charge on any atom is -0.391 e. The molecule has 19 heavy (non-hydrogen) atoms. The molecule has 0 radical (unpaired) electrons. The molecule has 0 aliphatic carbocycles. The molecule has 110 valence electrons. The highest BCUT2D eigenvalue weighted by Gasteiger charge is 2.25. The van der Waals surface area contributed by atoms with Gasteiger partial charge < -0.3 is 20.2 Å². The van der Waals surface area contributed by atoms with Crippen LogP contribution in [0.25, 0.3) is 0 Å². The third-order valence-electron chi connectivity index (χ3n) is 4.14. The van der Waals surface area contributed by atoms with Crippen molar-refractivity contribution in [1.82, 2.24) is 15.1 Å². The molecular formula is C14H27N3O2. The van der Waals surface area contributed by atoms with E-state index < -0.39 is 0 Å². The standard InChI is InChI=1S/C14H27N3O2/c1-2-6-16-8-5-12(10-16)9-15-14(19)17-7-3-4-13(18)11-17/h12-13,18H,2-11H2,1H3,(H,15,19). The number of likely N-dealkylation sites (tertiary alicyclic amines) is 2. The number of piperidine rings is 1. The van der Waals surface area contributed by atoms with Crippen molar-refractivity contribution in [3.63, 3.8) is 0 Å². The molecule has 5 nitrogen and oxygen atoms in total. The van der Waals surface area contributed by atoms with Crippen molar-refractivity contribution in [2.75, 3.05) is 39.3 Å². The number of carbonyl (C=O) groups excluding carboxylic acids is 1. The van der Waals surface area contributed by atoms with Crippen LogP contribution in [0.4, 0.5) is 4.79 Å². The summed E-state index contributed by atoms with van der Waals surface area (Å²) in [5, 5.41) is 12.6. The summed E-state index contributed by atoms with van der Waals surface area (Å²) in [6.45, 7) is 7.67. The molecule has 2 fully saturated rings. The summed E-state index contributed by atoms with van der Waals surface area (Å²) in [6, 6.07) is -0.00677. The first-order chi connectivity index (χ1) is 9.19. The molecule has 0 aromatic carbocycles. The fourth-order valence-electron chi connectivity index (χ4n) is 3.08. The zero-order chi connectivity index (χ0) is 13.7. The van der Waals surface area contributed by atoms with Crippen molar-refractivity contribution < 1.29 is 9.90 Å². The number of nitrogens with one attached hydrogen (secondary N) is 1. The Morgan fingerprint density at radius 1 is 1.32 bits per heavy atom. The van der Waals surface area contributed by atoms with E-state index in [0.717, 1.165) is 39.0 Å². The first-order valence-electron chi connectivity index (χ1n) is 7.62. The number of urea groups is 1. The second kappa shape index (κ2) is 7.10. The van der Waals surface area contributed by atoms with Crippen LogP contribution in [0, 0.1) is 5.92 Å². The lowest BCUT2D eigenvalue weighted by molar-refractivity contribution is 0.0840. The number of nitrogens with zero attached hydrogens (tertiary/aromatic N) is 2. The van der Waals surface area contributed by atoms with Crippen LogP contribution < -0.4 is 5.32 Å². The predicted molar refractivity (Wildman–Crippen MR) is 75.1 cm³/mol. The Balaban J connectivity index is 1.66. The fourth-order valence-corrected chi connectivity index (χ4v) is 3.08. The Bertz CT molecular complexity index is 298. The van der Waals surface area contributed by atoms with Gasteiger partial charge in [-0.25, -0.2) is 4.79 Å². The van der Waals surface area contributed by atoms with Crippen LogP contribution in [0.1, 0.15) is 32.6 Å². The lowest BCUT2D eigenvalue weighted by atomic mass is 10.1. The number of aliphatic hydroxyl groups is 1. The van der Waals surface area contributed by atoms with Gasteiger partial charge in [-0.05, 0) is 44.7 Å². The van der Waals surface area contributed by atoms with Crippen molar-refractivity contribution in [2.24, 2.45) is 5.92 Å². The van der Waals surface area contributed by atoms with E-state index >= 15 is 0 Å². The third kappa shape index (κ3) is 4.35. The highest BCUT2D eigenvalue weighted by molar-refractivity contribution is 5.74. The van der Waals surface area contributed by atoms with Gasteiger partial charge in [0, 0.05) is 26.2 Å². The minimum absolute atomic E-state index is 0.00677. The van der Waals surface area contributed by atoms with E-state index in [-0.39, 0.29) is 12.1 Å². The summed E-state index contributed by atoms with van der Waals surface area (Å²) in [7, 11) is 0. The van der Waals surface area contributed by atoms with Crippen molar-refractivity contribution in [3.8, 4) is 0 Å². The molecule has 0 saturated carbocycles. The monoisotopic (exact) mass is 269 g/mol. The van der Waals surface area contributed by atoms with Crippen molar-refractivity contribution in [2.45, 2.75) is 38.7 Å². The second-order valence-electron chi connectivity index (χ2n) is 5.88. The molecule has 0 aromatic rings. The number of hydrogen-bond acceptors (Lipinski definition) is 3. The van der Waals surface area contributed by atoms with Crippen LogP contribution in [0.3, 0.4) is 0 Å². The maximum Gasteiger partial charge on any atom is 0.317 e. The maximum absolute atomic E-state index is 12.0. The summed E-state index contributed by atoms with van der Waals surface area (Å²) in [4.78, 5) is 16.2. The third-order valence-corrected chi connectivity index (χ3v) is 4.14. The summed E-state index contributed by atoms with van der Waals surface area (Å²) in [5.74, 6) is 0.588. The van der Waals surface area contributed by atoms with Crippen LogP contribution in [0.15, 0.2) is 0 Å². The summed E-state index contributed by atoms with van der Waals surface area (Å²) in [5.41, 5.74) is 0. The molecule has 2 unspecified atom stereocenters. The molecule has 2 aliphatic rings. The van der Waals surface area contributed by atoms with Crippen LogP contribution >= 0.6 is 0 Å². The first-order valence-corrected chi connectivity index (χ1v) is 7.62. The number of β-amino-alcohol motifs (C(OH)–C–C–N with tert-alkyl or cyclic N) is 1. The van der Waals surface area contributed by atoms with Gasteiger partial charge in [0.2, 0.25) is 0 Å². The molecule has 2 amide bonds. The maximum atomic E-state index is 12.0. The molecule has 0 bridgehead atoms. The van der Waals surface area contributed by atoms with Crippen molar-refractivity contribution >= 4 is 6.03 Å². The van der Waals surface area contributed by atoms with Crippen LogP contribution in [0.2, 0.25) is 0 Å². The van der Waals surface area contributed by atoms with Gasteiger partial charge in [0.05, 0.1) is 6.10 Å². The molecular weight excluding hydrogens is 242 g/mol. The fraction of sp³-hybridized carbons (Fsp3) is 0.929.